The third-order valence-electron chi connectivity index (χ3n) is 2.80. The molecule has 0 aliphatic heterocycles. The number of para-hydroxylation sites is 1. The zero-order chi connectivity index (χ0) is 12.6. The normalized spacial score (nSPS) is 10.5. The molecule has 0 fully saturated rings. The number of hydrogen-bond donors (Lipinski definition) is 1. The molecule has 1 N–H and O–H groups in total. The monoisotopic (exact) mass is 230 g/mol. The van der Waals surface area contributed by atoms with Gasteiger partial charge in [-0.2, -0.15) is 0 Å². The number of rotatable bonds is 1. The fourth-order valence-corrected chi connectivity index (χ4v) is 1.89. The van der Waals surface area contributed by atoms with Gasteiger partial charge in [0.15, 0.2) is 0 Å². The van der Waals surface area contributed by atoms with Crippen LogP contribution in [0.4, 0.5) is 0 Å². The van der Waals surface area contributed by atoms with E-state index in [0.717, 1.165) is 16.5 Å². The van der Waals surface area contributed by atoms with Gasteiger partial charge in [0.2, 0.25) is 0 Å². The molecule has 88 valence electrons. The van der Waals surface area contributed by atoms with Crippen LogP contribution in [-0.4, -0.2) is 29.9 Å². The second-order valence-corrected chi connectivity index (χ2v) is 4.20. The number of carbonyl (C=O) groups excluding carboxylic acids is 1. The Bertz CT molecular complexity index is 641. The molecule has 1 aromatic carbocycles. The van der Waals surface area contributed by atoms with Crippen molar-refractivity contribution in [3.63, 3.8) is 0 Å². The number of amides is 1. The molecule has 2 rings (SSSR count). The van der Waals surface area contributed by atoms with Crippen LogP contribution in [-0.2, 0) is 0 Å². The first kappa shape index (κ1) is 11.4. The summed E-state index contributed by atoms with van der Waals surface area (Å²) in [6.07, 6.45) is 0. The molecule has 0 radical (unpaired) electrons. The Morgan fingerprint density at radius 1 is 1.24 bits per heavy atom. The van der Waals surface area contributed by atoms with Crippen LogP contribution in [0, 0.1) is 6.92 Å². The van der Waals surface area contributed by atoms with Gasteiger partial charge in [0.25, 0.3) is 11.5 Å². The fourth-order valence-electron chi connectivity index (χ4n) is 1.89. The van der Waals surface area contributed by atoms with E-state index < -0.39 is 0 Å². The Labute approximate surface area is 98.9 Å². The highest BCUT2D eigenvalue weighted by molar-refractivity contribution is 5.99. The van der Waals surface area contributed by atoms with Crippen molar-refractivity contribution in [1.29, 1.82) is 0 Å². The molecule has 2 aromatic rings. The standard InChI is InChI=1S/C13H14N2O2/c1-8-9-6-4-5-7-10(9)14-12(16)11(8)13(17)15(2)3/h4-7H,1-3H3,(H,14,16). The molecule has 0 bridgehead atoms. The lowest BCUT2D eigenvalue weighted by molar-refractivity contribution is 0.0825. The summed E-state index contributed by atoms with van der Waals surface area (Å²) in [6, 6.07) is 7.46. The van der Waals surface area contributed by atoms with E-state index in [9.17, 15) is 9.59 Å². The Morgan fingerprint density at radius 3 is 2.53 bits per heavy atom. The predicted octanol–water partition coefficient (Wildman–Crippen LogP) is 1.54. The van der Waals surface area contributed by atoms with E-state index in [1.165, 1.54) is 4.90 Å². The molecule has 1 aromatic heterocycles. The molecule has 4 heteroatoms. The van der Waals surface area contributed by atoms with Crippen molar-refractivity contribution in [3.8, 4) is 0 Å². The molecule has 1 amide bonds. The molecular formula is C13H14N2O2. The number of hydrogen-bond acceptors (Lipinski definition) is 2. The van der Waals surface area contributed by atoms with Gasteiger partial charge in [-0.25, -0.2) is 0 Å². The van der Waals surface area contributed by atoms with Crippen molar-refractivity contribution in [2.45, 2.75) is 6.92 Å². The lowest BCUT2D eigenvalue weighted by atomic mass is 10.0. The van der Waals surface area contributed by atoms with Gasteiger partial charge >= 0.3 is 0 Å². The van der Waals surface area contributed by atoms with Crippen molar-refractivity contribution in [1.82, 2.24) is 9.88 Å². The van der Waals surface area contributed by atoms with Crippen LogP contribution >= 0.6 is 0 Å². The summed E-state index contributed by atoms with van der Waals surface area (Å²) in [5.41, 5.74) is 1.36. The molecule has 1 heterocycles. The van der Waals surface area contributed by atoms with Crippen LogP contribution in [0.25, 0.3) is 10.9 Å². The molecule has 0 saturated carbocycles. The van der Waals surface area contributed by atoms with Crippen molar-refractivity contribution in [3.05, 3.63) is 45.7 Å². The lowest BCUT2D eigenvalue weighted by Gasteiger charge is -2.13. The van der Waals surface area contributed by atoms with Crippen molar-refractivity contribution in [2.75, 3.05) is 14.1 Å². The second kappa shape index (κ2) is 4.05. The summed E-state index contributed by atoms with van der Waals surface area (Å²) in [5, 5.41) is 0.900. The highest BCUT2D eigenvalue weighted by Gasteiger charge is 2.17. The maximum atomic E-state index is 11.9. The molecule has 0 spiro atoms. The van der Waals surface area contributed by atoms with E-state index >= 15 is 0 Å². The summed E-state index contributed by atoms with van der Waals surface area (Å²) in [7, 11) is 3.27. The lowest BCUT2D eigenvalue weighted by Crippen LogP contribution is -2.29. The van der Waals surface area contributed by atoms with Crippen LogP contribution in [0.1, 0.15) is 15.9 Å². The minimum Gasteiger partial charge on any atom is -0.345 e. The molecule has 0 aliphatic rings. The van der Waals surface area contributed by atoms with E-state index in [4.69, 9.17) is 0 Å². The number of aryl methyl sites for hydroxylation is 1. The second-order valence-electron chi connectivity index (χ2n) is 4.20. The quantitative estimate of drug-likeness (QED) is 0.807. The molecule has 0 unspecified atom stereocenters. The summed E-state index contributed by atoms with van der Waals surface area (Å²) in [6.45, 7) is 1.80. The average Bonchev–Trinajstić information content (AvgIpc) is 2.28. The third-order valence-corrected chi connectivity index (χ3v) is 2.80. The Hall–Kier alpha value is -2.10. The van der Waals surface area contributed by atoms with Crippen molar-refractivity contribution >= 4 is 16.8 Å². The molecule has 0 saturated heterocycles. The van der Waals surface area contributed by atoms with Crippen LogP contribution < -0.4 is 5.56 Å². The van der Waals surface area contributed by atoms with Crippen LogP contribution in [0.5, 0.6) is 0 Å². The van der Waals surface area contributed by atoms with E-state index in [1.54, 1.807) is 21.0 Å². The number of aromatic amines is 1. The summed E-state index contributed by atoms with van der Waals surface area (Å²) in [5.74, 6) is -0.269. The first-order valence-electron chi connectivity index (χ1n) is 5.35. The highest BCUT2D eigenvalue weighted by atomic mass is 16.2. The van der Waals surface area contributed by atoms with Gasteiger partial charge in [0.1, 0.15) is 5.56 Å². The van der Waals surface area contributed by atoms with E-state index in [2.05, 4.69) is 4.98 Å². The first-order chi connectivity index (χ1) is 8.02. The number of H-pyrrole nitrogens is 1. The fraction of sp³-hybridized carbons (Fsp3) is 0.231. The number of fused-ring (bicyclic) bond motifs is 1. The first-order valence-corrected chi connectivity index (χ1v) is 5.35. The van der Waals surface area contributed by atoms with Gasteiger partial charge in [0.05, 0.1) is 0 Å². The van der Waals surface area contributed by atoms with Gasteiger partial charge in [-0.05, 0) is 18.6 Å². The number of nitrogens with zero attached hydrogens (tertiary/aromatic N) is 1. The van der Waals surface area contributed by atoms with Crippen molar-refractivity contribution in [2.24, 2.45) is 0 Å². The Morgan fingerprint density at radius 2 is 1.88 bits per heavy atom. The molecule has 0 atom stereocenters. The summed E-state index contributed by atoms with van der Waals surface area (Å²) in [4.78, 5) is 28.0. The van der Waals surface area contributed by atoms with E-state index in [1.807, 2.05) is 24.3 Å². The van der Waals surface area contributed by atoms with E-state index in [-0.39, 0.29) is 17.0 Å². The minimum absolute atomic E-state index is 0.216. The zero-order valence-corrected chi connectivity index (χ0v) is 10.1. The largest absolute Gasteiger partial charge is 0.345 e. The average molecular weight is 230 g/mol. The third kappa shape index (κ3) is 1.82. The predicted molar refractivity (Wildman–Crippen MR) is 67.3 cm³/mol. The molecular weight excluding hydrogens is 216 g/mol. The maximum Gasteiger partial charge on any atom is 0.261 e. The molecule has 0 aliphatic carbocycles. The van der Waals surface area contributed by atoms with E-state index in [0.29, 0.717) is 0 Å². The summed E-state index contributed by atoms with van der Waals surface area (Å²) < 4.78 is 0. The van der Waals surface area contributed by atoms with Gasteiger partial charge in [-0.15, -0.1) is 0 Å². The van der Waals surface area contributed by atoms with Gasteiger partial charge in [-0.1, -0.05) is 18.2 Å². The smallest absolute Gasteiger partial charge is 0.261 e. The summed E-state index contributed by atoms with van der Waals surface area (Å²) >= 11 is 0. The Kier molecular flexibility index (Phi) is 2.71. The van der Waals surface area contributed by atoms with Crippen LogP contribution in [0.2, 0.25) is 0 Å². The van der Waals surface area contributed by atoms with Gasteiger partial charge in [-0.3, -0.25) is 9.59 Å². The number of pyridine rings is 1. The topological polar surface area (TPSA) is 53.2 Å². The van der Waals surface area contributed by atoms with Gasteiger partial charge in [0, 0.05) is 25.0 Å². The Balaban J connectivity index is 2.81. The number of carbonyl (C=O) groups is 1. The number of nitrogens with one attached hydrogen (secondary N) is 1. The van der Waals surface area contributed by atoms with Crippen LogP contribution in [0.15, 0.2) is 29.1 Å². The number of aromatic nitrogens is 1. The number of benzene rings is 1. The van der Waals surface area contributed by atoms with Crippen molar-refractivity contribution < 1.29 is 4.79 Å². The SMILES string of the molecule is Cc1c(C(=O)N(C)C)c(=O)[nH]c2ccccc12. The molecule has 17 heavy (non-hydrogen) atoms. The highest BCUT2D eigenvalue weighted by Crippen LogP contribution is 2.17. The maximum absolute atomic E-state index is 11.9. The molecule has 4 nitrogen and oxygen atoms in total. The van der Waals surface area contributed by atoms with Gasteiger partial charge < -0.3 is 9.88 Å². The minimum atomic E-state index is -0.333. The van der Waals surface area contributed by atoms with Crippen LogP contribution in [0.3, 0.4) is 0 Å². The zero-order valence-electron chi connectivity index (χ0n) is 10.1.